The lowest BCUT2D eigenvalue weighted by Gasteiger charge is -2.49. The standard InChI is InChI=1S/C50H51N4O8P/c1-60-43-25-13-24-41(45(43)63(59,61-32-35-16-7-3-8-17-35)62-33-36-18-9-4-10-19-36)50(30-37-20-11-22-39(28-37)47(51)56,31-38-21-12-23-40(29-38)48(52)57)46-44(55)42(53-49(58)54-46)27-26-34-14-5-2-6-15-34/h2-25,28-29,42,44,46,55H,26-27,30-33H2,1H3,(H2,51,56)(H2,52,57)(H2,53,54,58). The van der Waals surface area contributed by atoms with E-state index in [1.165, 1.54) is 7.11 Å². The van der Waals surface area contributed by atoms with E-state index in [-0.39, 0.29) is 48.2 Å². The summed E-state index contributed by atoms with van der Waals surface area (Å²) in [6, 6.07) is 44.7. The van der Waals surface area contributed by atoms with Gasteiger partial charge in [0.15, 0.2) is 0 Å². The number of nitrogens with two attached hydrogens (primary N) is 2. The average Bonchev–Trinajstić information content (AvgIpc) is 3.31. The zero-order valence-electron chi connectivity index (χ0n) is 34.9. The summed E-state index contributed by atoms with van der Waals surface area (Å²) < 4.78 is 35.2. The fraction of sp³-hybridized carbons (Fsp3) is 0.220. The number of carbonyl (C=O) groups is 3. The van der Waals surface area contributed by atoms with Crippen LogP contribution in [-0.4, -0.2) is 48.2 Å². The highest BCUT2D eigenvalue weighted by Crippen LogP contribution is 2.55. The predicted octanol–water partition coefficient (Wildman–Crippen LogP) is 6.91. The lowest BCUT2D eigenvalue weighted by atomic mass is 9.63. The van der Waals surface area contributed by atoms with Crippen LogP contribution in [0.2, 0.25) is 0 Å². The van der Waals surface area contributed by atoms with Gasteiger partial charge in [0.05, 0.1) is 38.5 Å². The highest BCUT2D eigenvalue weighted by atomic mass is 31.2. The molecule has 324 valence electrons. The summed E-state index contributed by atoms with van der Waals surface area (Å²) in [5, 5.41) is 18.9. The van der Waals surface area contributed by atoms with Gasteiger partial charge >= 0.3 is 13.6 Å². The van der Waals surface area contributed by atoms with E-state index in [9.17, 15) is 19.5 Å². The molecule has 0 aromatic heterocycles. The molecule has 3 atom stereocenters. The second-order valence-electron chi connectivity index (χ2n) is 15.7. The number of amides is 4. The number of primary amides is 2. The quantitative estimate of drug-likeness (QED) is 0.0543. The van der Waals surface area contributed by atoms with Gasteiger partial charge in [0.1, 0.15) is 11.1 Å². The van der Waals surface area contributed by atoms with Gasteiger partial charge in [-0.1, -0.05) is 127 Å². The van der Waals surface area contributed by atoms with Crippen molar-refractivity contribution in [3.8, 4) is 5.75 Å². The Morgan fingerprint density at radius 2 is 1.13 bits per heavy atom. The van der Waals surface area contributed by atoms with Crippen LogP contribution in [0.5, 0.6) is 5.75 Å². The molecule has 6 aromatic rings. The number of urea groups is 1. The molecule has 0 radical (unpaired) electrons. The third-order valence-electron chi connectivity index (χ3n) is 11.5. The van der Waals surface area contributed by atoms with Gasteiger partial charge in [0, 0.05) is 16.5 Å². The van der Waals surface area contributed by atoms with Crippen LogP contribution in [0.3, 0.4) is 0 Å². The van der Waals surface area contributed by atoms with Gasteiger partial charge in [-0.25, -0.2) is 4.79 Å². The van der Waals surface area contributed by atoms with Crippen molar-refractivity contribution in [2.45, 2.75) is 62.5 Å². The molecule has 0 spiro atoms. The summed E-state index contributed by atoms with van der Waals surface area (Å²) in [7, 11) is -3.03. The van der Waals surface area contributed by atoms with Gasteiger partial charge in [-0.2, -0.15) is 0 Å². The molecule has 4 amide bonds. The Morgan fingerprint density at radius 1 is 0.651 bits per heavy atom. The predicted molar refractivity (Wildman–Crippen MR) is 242 cm³/mol. The van der Waals surface area contributed by atoms with E-state index >= 15 is 4.57 Å². The van der Waals surface area contributed by atoms with Crippen LogP contribution in [-0.2, 0) is 51.5 Å². The molecule has 12 nitrogen and oxygen atoms in total. The first-order valence-electron chi connectivity index (χ1n) is 20.7. The number of hydrogen-bond donors (Lipinski definition) is 5. The number of rotatable bonds is 19. The zero-order valence-corrected chi connectivity index (χ0v) is 35.8. The van der Waals surface area contributed by atoms with Gasteiger partial charge in [-0.3, -0.25) is 14.2 Å². The first kappa shape index (κ1) is 44.5. The van der Waals surface area contributed by atoms with Crippen molar-refractivity contribution in [2.24, 2.45) is 11.5 Å². The molecule has 1 fully saturated rings. The third-order valence-corrected chi connectivity index (χ3v) is 13.5. The van der Waals surface area contributed by atoms with Crippen LogP contribution in [0.25, 0.3) is 0 Å². The molecular formula is C50H51N4O8P. The maximum Gasteiger partial charge on any atom is 0.366 e. The molecule has 1 aliphatic heterocycles. The van der Waals surface area contributed by atoms with Gasteiger partial charge < -0.3 is 41.0 Å². The fourth-order valence-corrected chi connectivity index (χ4v) is 10.5. The van der Waals surface area contributed by atoms with Gasteiger partial charge in [-0.15, -0.1) is 0 Å². The smallest absolute Gasteiger partial charge is 0.366 e. The second kappa shape index (κ2) is 20.1. The molecule has 1 heterocycles. The number of benzene rings is 6. The number of nitrogens with one attached hydrogen (secondary N) is 2. The average molecular weight is 867 g/mol. The van der Waals surface area contributed by atoms with Gasteiger partial charge in [-0.05, 0) is 89.4 Å². The summed E-state index contributed by atoms with van der Waals surface area (Å²) in [6.07, 6.45) is -0.285. The van der Waals surface area contributed by atoms with E-state index in [4.69, 9.17) is 25.3 Å². The number of aliphatic hydroxyl groups is 1. The SMILES string of the molecule is COc1cccc(C(Cc2cccc(C(N)=O)c2)(Cc2cccc(C(N)=O)c2)C2NC(=O)NC(CCc3ccccc3)C2O)c1P(=O)(OCc1ccccc1)OCc1ccccc1. The van der Waals surface area contributed by atoms with Crippen LogP contribution in [0.4, 0.5) is 4.79 Å². The number of aliphatic hydroxyl groups excluding tert-OH is 1. The summed E-state index contributed by atoms with van der Waals surface area (Å²) in [4.78, 5) is 39.3. The van der Waals surface area contributed by atoms with Crippen molar-refractivity contribution in [1.29, 1.82) is 0 Å². The highest BCUT2D eigenvalue weighted by Gasteiger charge is 2.53. The van der Waals surface area contributed by atoms with Crippen molar-refractivity contribution >= 4 is 30.7 Å². The lowest BCUT2D eigenvalue weighted by molar-refractivity contribution is 0.0370. The topological polar surface area (TPSA) is 192 Å². The molecule has 1 saturated heterocycles. The molecule has 7 N–H and O–H groups in total. The van der Waals surface area contributed by atoms with Gasteiger partial charge in [0.25, 0.3) is 0 Å². The molecule has 0 bridgehead atoms. The van der Waals surface area contributed by atoms with E-state index in [0.717, 1.165) is 16.7 Å². The second-order valence-corrected chi connectivity index (χ2v) is 17.7. The first-order valence-corrected chi connectivity index (χ1v) is 22.2. The van der Waals surface area contributed by atoms with E-state index in [1.807, 2.05) is 103 Å². The fourth-order valence-electron chi connectivity index (χ4n) is 8.47. The number of aryl methyl sites for hydroxylation is 1. The van der Waals surface area contributed by atoms with Crippen LogP contribution in [0, 0.1) is 0 Å². The van der Waals surface area contributed by atoms with E-state index < -0.39 is 49.0 Å². The first-order chi connectivity index (χ1) is 30.5. The Morgan fingerprint density at radius 3 is 1.62 bits per heavy atom. The Kier molecular flexibility index (Phi) is 14.2. The molecule has 7 rings (SSSR count). The molecular weight excluding hydrogens is 816 g/mol. The van der Waals surface area contributed by atoms with Crippen molar-refractivity contribution < 1.29 is 37.8 Å². The molecule has 1 aliphatic rings. The third kappa shape index (κ3) is 10.6. The number of ether oxygens (including phenoxy) is 1. The van der Waals surface area contributed by atoms with Crippen molar-refractivity contribution in [3.05, 3.63) is 202 Å². The minimum Gasteiger partial charge on any atom is -0.496 e. The van der Waals surface area contributed by atoms with E-state index in [2.05, 4.69) is 10.6 Å². The maximum absolute atomic E-state index is 16.1. The summed E-state index contributed by atoms with van der Waals surface area (Å²) in [6.45, 7) is -0.208. The number of methoxy groups -OCH3 is 1. The van der Waals surface area contributed by atoms with Crippen LogP contribution < -0.4 is 32.1 Å². The summed E-state index contributed by atoms with van der Waals surface area (Å²) >= 11 is 0. The molecule has 0 aliphatic carbocycles. The Hall–Kier alpha value is -6.56. The van der Waals surface area contributed by atoms with Crippen molar-refractivity contribution in [1.82, 2.24) is 10.6 Å². The summed E-state index contributed by atoms with van der Waals surface area (Å²) in [5.41, 5.74) is 14.7. The molecule has 63 heavy (non-hydrogen) atoms. The highest BCUT2D eigenvalue weighted by molar-refractivity contribution is 7.62. The maximum atomic E-state index is 16.1. The van der Waals surface area contributed by atoms with E-state index in [0.29, 0.717) is 29.5 Å². The molecule has 6 aromatic carbocycles. The molecule has 0 saturated carbocycles. The van der Waals surface area contributed by atoms with Crippen LogP contribution >= 0.6 is 7.60 Å². The lowest BCUT2D eigenvalue weighted by Crippen LogP contribution is -2.70. The van der Waals surface area contributed by atoms with Crippen molar-refractivity contribution in [2.75, 3.05) is 7.11 Å². The van der Waals surface area contributed by atoms with E-state index in [1.54, 1.807) is 54.6 Å². The Bertz CT molecular complexity index is 2470. The zero-order chi connectivity index (χ0) is 44.4. The largest absolute Gasteiger partial charge is 0.496 e. The Labute approximate surface area is 367 Å². The Balaban J connectivity index is 1.49. The van der Waals surface area contributed by atoms with Crippen molar-refractivity contribution in [3.63, 3.8) is 0 Å². The van der Waals surface area contributed by atoms with Gasteiger partial charge in [0.2, 0.25) is 11.8 Å². The monoisotopic (exact) mass is 866 g/mol. The summed E-state index contributed by atoms with van der Waals surface area (Å²) in [5.74, 6) is -1.13. The number of hydrogen-bond acceptors (Lipinski definition) is 8. The molecule has 13 heteroatoms. The molecule has 3 unspecified atom stereocenters. The minimum absolute atomic E-state index is 0.0276. The minimum atomic E-state index is -4.49. The normalized spacial score (nSPS) is 16.4. The van der Waals surface area contributed by atoms with Crippen LogP contribution in [0.1, 0.15) is 60.5 Å². The number of carbonyl (C=O) groups excluding carboxylic acids is 3. The van der Waals surface area contributed by atoms with Crippen LogP contribution in [0.15, 0.2) is 158 Å².